The van der Waals surface area contributed by atoms with Gasteiger partial charge in [-0.1, -0.05) is 35.3 Å². The van der Waals surface area contributed by atoms with Crippen LogP contribution in [0.5, 0.6) is 0 Å². The molecule has 1 aromatic carbocycles. The van der Waals surface area contributed by atoms with E-state index in [0.717, 1.165) is 24.8 Å². The highest BCUT2D eigenvalue weighted by Crippen LogP contribution is 2.26. The molecule has 0 bridgehead atoms. The SMILES string of the molecule is NNC(CCCCl)Cc1cccc(Cl)c1Cl. The fourth-order valence-corrected chi connectivity index (χ4v) is 2.09. The third-order valence-corrected chi connectivity index (χ3v) is 3.55. The van der Waals surface area contributed by atoms with Gasteiger partial charge in [-0.25, -0.2) is 0 Å². The van der Waals surface area contributed by atoms with Crippen molar-refractivity contribution in [3.63, 3.8) is 0 Å². The molecule has 1 aromatic rings. The van der Waals surface area contributed by atoms with E-state index in [4.69, 9.17) is 40.6 Å². The van der Waals surface area contributed by atoms with Gasteiger partial charge in [0.15, 0.2) is 0 Å². The summed E-state index contributed by atoms with van der Waals surface area (Å²) in [5, 5.41) is 1.18. The minimum Gasteiger partial charge on any atom is -0.271 e. The molecule has 3 N–H and O–H groups in total. The standard InChI is InChI=1S/C11H15Cl3N2/c12-6-2-4-9(16-15)7-8-3-1-5-10(13)11(8)14/h1,3,5,9,16H,2,4,6-7,15H2. The largest absolute Gasteiger partial charge is 0.271 e. The number of nitrogens with one attached hydrogen (secondary N) is 1. The highest BCUT2D eigenvalue weighted by Gasteiger charge is 2.11. The van der Waals surface area contributed by atoms with E-state index >= 15 is 0 Å². The van der Waals surface area contributed by atoms with Gasteiger partial charge in [-0.15, -0.1) is 11.6 Å². The van der Waals surface area contributed by atoms with Crippen LogP contribution in [0, 0.1) is 0 Å². The van der Waals surface area contributed by atoms with Crippen molar-refractivity contribution in [3.05, 3.63) is 33.8 Å². The van der Waals surface area contributed by atoms with Gasteiger partial charge in [0, 0.05) is 11.9 Å². The van der Waals surface area contributed by atoms with Gasteiger partial charge in [0.1, 0.15) is 0 Å². The second-order valence-electron chi connectivity index (χ2n) is 3.61. The number of halogens is 3. The lowest BCUT2D eigenvalue weighted by Gasteiger charge is -2.16. The molecule has 0 amide bonds. The summed E-state index contributed by atoms with van der Waals surface area (Å²) in [6.45, 7) is 0. The monoisotopic (exact) mass is 280 g/mol. The molecule has 0 aliphatic heterocycles. The fraction of sp³-hybridized carbons (Fsp3) is 0.455. The van der Waals surface area contributed by atoms with Gasteiger partial charge in [0.25, 0.3) is 0 Å². The van der Waals surface area contributed by atoms with Crippen LogP contribution in [0.4, 0.5) is 0 Å². The quantitative estimate of drug-likeness (QED) is 0.476. The van der Waals surface area contributed by atoms with Gasteiger partial charge in [-0.3, -0.25) is 11.3 Å². The molecule has 0 spiro atoms. The first kappa shape index (κ1) is 14.1. The first-order chi connectivity index (χ1) is 7.69. The molecule has 1 atom stereocenters. The van der Waals surface area contributed by atoms with E-state index in [9.17, 15) is 0 Å². The van der Waals surface area contributed by atoms with Crippen molar-refractivity contribution in [2.45, 2.75) is 25.3 Å². The molecular formula is C11H15Cl3N2. The van der Waals surface area contributed by atoms with Crippen molar-refractivity contribution >= 4 is 34.8 Å². The highest BCUT2D eigenvalue weighted by atomic mass is 35.5. The zero-order chi connectivity index (χ0) is 12.0. The third-order valence-electron chi connectivity index (χ3n) is 2.42. The molecule has 0 saturated carbocycles. The number of hydrazine groups is 1. The molecule has 1 unspecified atom stereocenters. The van der Waals surface area contributed by atoms with E-state index < -0.39 is 0 Å². The normalized spacial score (nSPS) is 12.8. The van der Waals surface area contributed by atoms with Gasteiger partial charge in [-0.05, 0) is 30.9 Å². The number of hydrogen-bond acceptors (Lipinski definition) is 2. The predicted molar refractivity (Wildman–Crippen MR) is 71.2 cm³/mol. The molecule has 90 valence electrons. The van der Waals surface area contributed by atoms with Crippen LogP contribution in [0.2, 0.25) is 10.0 Å². The molecule has 0 radical (unpaired) electrons. The van der Waals surface area contributed by atoms with Crippen molar-refractivity contribution < 1.29 is 0 Å². The molecule has 1 rings (SSSR count). The Morgan fingerprint density at radius 2 is 2.06 bits per heavy atom. The van der Waals surface area contributed by atoms with Crippen LogP contribution in [-0.4, -0.2) is 11.9 Å². The first-order valence-corrected chi connectivity index (χ1v) is 6.43. The average Bonchev–Trinajstić information content (AvgIpc) is 2.30. The number of nitrogens with two attached hydrogens (primary N) is 1. The topological polar surface area (TPSA) is 38.0 Å². The van der Waals surface area contributed by atoms with Crippen LogP contribution in [0.15, 0.2) is 18.2 Å². The molecule has 2 nitrogen and oxygen atoms in total. The average molecular weight is 282 g/mol. The Balaban J connectivity index is 2.66. The molecule has 5 heteroatoms. The Morgan fingerprint density at radius 1 is 1.31 bits per heavy atom. The smallest absolute Gasteiger partial charge is 0.0624 e. The second-order valence-corrected chi connectivity index (χ2v) is 4.77. The lowest BCUT2D eigenvalue weighted by Crippen LogP contribution is -2.36. The molecule has 0 heterocycles. The van der Waals surface area contributed by atoms with E-state index in [1.54, 1.807) is 6.07 Å². The van der Waals surface area contributed by atoms with E-state index in [0.29, 0.717) is 15.9 Å². The zero-order valence-corrected chi connectivity index (χ0v) is 11.1. The maximum atomic E-state index is 6.10. The molecule has 0 aliphatic carbocycles. The summed E-state index contributed by atoms with van der Waals surface area (Å²) >= 11 is 17.7. The van der Waals surface area contributed by atoms with E-state index in [2.05, 4.69) is 5.43 Å². The zero-order valence-electron chi connectivity index (χ0n) is 8.85. The number of benzene rings is 1. The Hall–Kier alpha value is 0.01000. The lowest BCUT2D eigenvalue weighted by atomic mass is 10.0. The Kier molecular flexibility index (Phi) is 6.47. The van der Waals surface area contributed by atoms with Crippen molar-refractivity contribution in [1.29, 1.82) is 0 Å². The van der Waals surface area contributed by atoms with Crippen molar-refractivity contribution in [3.8, 4) is 0 Å². The Morgan fingerprint density at radius 3 is 2.69 bits per heavy atom. The molecule has 16 heavy (non-hydrogen) atoms. The van der Waals surface area contributed by atoms with E-state index in [1.165, 1.54) is 0 Å². The van der Waals surface area contributed by atoms with Crippen molar-refractivity contribution in [1.82, 2.24) is 5.43 Å². The summed E-state index contributed by atoms with van der Waals surface area (Å²) in [5.74, 6) is 6.12. The summed E-state index contributed by atoms with van der Waals surface area (Å²) in [6.07, 6.45) is 2.60. The van der Waals surface area contributed by atoms with Crippen LogP contribution < -0.4 is 11.3 Å². The minimum absolute atomic E-state index is 0.176. The summed E-state index contributed by atoms with van der Waals surface area (Å²) in [6, 6.07) is 5.80. The fourth-order valence-electron chi connectivity index (χ4n) is 1.54. The van der Waals surface area contributed by atoms with Gasteiger partial charge in [0.2, 0.25) is 0 Å². The van der Waals surface area contributed by atoms with E-state index in [-0.39, 0.29) is 6.04 Å². The minimum atomic E-state index is 0.176. The number of alkyl halides is 1. The van der Waals surface area contributed by atoms with Crippen LogP contribution in [0.1, 0.15) is 18.4 Å². The van der Waals surface area contributed by atoms with Gasteiger partial charge in [0.05, 0.1) is 10.0 Å². The van der Waals surface area contributed by atoms with Crippen LogP contribution >= 0.6 is 34.8 Å². The molecule has 0 saturated heterocycles. The first-order valence-electron chi connectivity index (χ1n) is 5.14. The van der Waals surface area contributed by atoms with Crippen LogP contribution in [-0.2, 0) is 6.42 Å². The summed E-state index contributed by atoms with van der Waals surface area (Å²) in [7, 11) is 0. The maximum absolute atomic E-state index is 6.10. The maximum Gasteiger partial charge on any atom is 0.0624 e. The molecule has 0 fully saturated rings. The highest BCUT2D eigenvalue weighted by molar-refractivity contribution is 6.42. The third kappa shape index (κ3) is 4.11. The number of rotatable bonds is 6. The van der Waals surface area contributed by atoms with Crippen LogP contribution in [0.3, 0.4) is 0 Å². The Bertz CT molecular complexity index is 331. The predicted octanol–water partition coefficient (Wildman–Crippen LogP) is 3.39. The summed E-state index contributed by atoms with van der Waals surface area (Å²) in [5.41, 5.74) is 3.78. The van der Waals surface area contributed by atoms with Crippen LogP contribution in [0.25, 0.3) is 0 Å². The Labute approximate surface area is 111 Å². The van der Waals surface area contributed by atoms with Crippen molar-refractivity contribution in [2.75, 3.05) is 5.88 Å². The van der Waals surface area contributed by atoms with Gasteiger partial charge < -0.3 is 0 Å². The summed E-state index contributed by atoms with van der Waals surface area (Å²) in [4.78, 5) is 0. The lowest BCUT2D eigenvalue weighted by molar-refractivity contribution is 0.487. The van der Waals surface area contributed by atoms with Gasteiger partial charge in [-0.2, -0.15) is 0 Å². The molecular weight excluding hydrogens is 266 g/mol. The van der Waals surface area contributed by atoms with E-state index in [1.807, 2.05) is 12.1 Å². The van der Waals surface area contributed by atoms with Gasteiger partial charge >= 0.3 is 0 Å². The second kappa shape index (κ2) is 7.36. The summed E-state index contributed by atoms with van der Waals surface area (Å²) < 4.78 is 0. The molecule has 0 aliphatic rings. The van der Waals surface area contributed by atoms with Crippen molar-refractivity contribution in [2.24, 2.45) is 5.84 Å². The number of hydrogen-bond donors (Lipinski definition) is 2. The molecule has 0 aromatic heterocycles.